The first-order chi connectivity index (χ1) is 13.8. The van der Waals surface area contributed by atoms with Crippen LogP contribution in [0.1, 0.15) is 5.82 Å². The molecule has 0 amide bonds. The highest BCUT2D eigenvalue weighted by Crippen LogP contribution is 2.19. The van der Waals surface area contributed by atoms with E-state index in [-0.39, 0.29) is 10.5 Å². The molecule has 8 heteroatoms. The standard InChI is InChI=1S/C21H16IN3O3S/c1-14-23-20-5-3-2-4-19(20)21(26)25(14)17-10-8-16(9-11-17)24-29(27,28)18-12-6-15(22)7-13-18/h2-13,24H,1H3. The molecule has 0 bridgehead atoms. The van der Waals surface area contributed by atoms with Crippen LogP contribution in [0.5, 0.6) is 0 Å². The minimum Gasteiger partial charge on any atom is -0.280 e. The van der Waals surface area contributed by atoms with E-state index in [4.69, 9.17) is 0 Å². The van der Waals surface area contributed by atoms with Gasteiger partial charge in [-0.3, -0.25) is 14.1 Å². The molecule has 0 unspecified atom stereocenters. The fraction of sp³-hybridized carbons (Fsp3) is 0.0476. The number of aromatic nitrogens is 2. The summed E-state index contributed by atoms with van der Waals surface area (Å²) in [5, 5.41) is 0.529. The van der Waals surface area contributed by atoms with E-state index in [1.54, 1.807) is 73.7 Å². The van der Waals surface area contributed by atoms with Gasteiger partial charge in [-0.25, -0.2) is 13.4 Å². The van der Waals surface area contributed by atoms with E-state index < -0.39 is 10.0 Å². The number of hydrogen-bond donors (Lipinski definition) is 1. The van der Waals surface area contributed by atoms with Crippen molar-refractivity contribution in [2.45, 2.75) is 11.8 Å². The molecule has 0 aliphatic heterocycles. The average molecular weight is 517 g/mol. The lowest BCUT2D eigenvalue weighted by atomic mass is 10.2. The van der Waals surface area contributed by atoms with Gasteiger partial charge in [0.2, 0.25) is 0 Å². The van der Waals surface area contributed by atoms with E-state index in [0.29, 0.717) is 28.1 Å². The van der Waals surface area contributed by atoms with Crippen LogP contribution in [0.2, 0.25) is 0 Å². The summed E-state index contributed by atoms with van der Waals surface area (Å²) in [6.45, 7) is 1.77. The predicted molar refractivity (Wildman–Crippen MR) is 122 cm³/mol. The topological polar surface area (TPSA) is 81.1 Å². The summed E-state index contributed by atoms with van der Waals surface area (Å²) in [5.74, 6) is 0.556. The number of anilines is 1. The van der Waals surface area contributed by atoms with Crippen LogP contribution in [0.3, 0.4) is 0 Å². The zero-order valence-corrected chi connectivity index (χ0v) is 18.3. The molecule has 146 valence electrons. The Morgan fingerprint density at radius 1 is 0.931 bits per heavy atom. The summed E-state index contributed by atoms with van der Waals surface area (Å²) >= 11 is 2.12. The van der Waals surface area contributed by atoms with Crippen molar-refractivity contribution in [3.05, 3.63) is 92.5 Å². The molecule has 3 aromatic carbocycles. The lowest BCUT2D eigenvalue weighted by molar-refractivity contribution is 0.601. The predicted octanol–water partition coefficient (Wildman–Crippen LogP) is 4.10. The molecule has 6 nitrogen and oxygen atoms in total. The second-order valence-corrected chi connectivity index (χ2v) is 9.35. The minimum absolute atomic E-state index is 0.166. The SMILES string of the molecule is Cc1nc2ccccc2c(=O)n1-c1ccc(NS(=O)(=O)c2ccc(I)cc2)cc1. The summed E-state index contributed by atoms with van der Waals surface area (Å²) < 4.78 is 30.1. The average Bonchev–Trinajstić information content (AvgIpc) is 2.69. The number of fused-ring (bicyclic) bond motifs is 1. The Morgan fingerprint density at radius 3 is 2.28 bits per heavy atom. The Balaban J connectivity index is 1.68. The van der Waals surface area contributed by atoms with E-state index in [0.717, 1.165) is 3.57 Å². The molecule has 29 heavy (non-hydrogen) atoms. The molecule has 0 saturated carbocycles. The normalized spacial score (nSPS) is 11.5. The van der Waals surface area contributed by atoms with Gasteiger partial charge in [0.05, 0.1) is 21.5 Å². The largest absolute Gasteiger partial charge is 0.280 e. The zero-order valence-electron chi connectivity index (χ0n) is 15.3. The fourth-order valence-electron chi connectivity index (χ4n) is 3.05. The van der Waals surface area contributed by atoms with Gasteiger partial charge in [-0.15, -0.1) is 0 Å². The van der Waals surface area contributed by atoms with Gasteiger partial charge >= 0.3 is 0 Å². The Hall–Kier alpha value is -2.72. The molecule has 1 aromatic heterocycles. The van der Waals surface area contributed by atoms with Crippen LogP contribution in [0.15, 0.2) is 82.5 Å². The molecule has 0 radical (unpaired) electrons. The molecule has 0 atom stereocenters. The highest BCUT2D eigenvalue weighted by Gasteiger charge is 2.14. The van der Waals surface area contributed by atoms with Crippen LogP contribution < -0.4 is 10.3 Å². The first kappa shape index (κ1) is 19.6. The number of hydrogen-bond acceptors (Lipinski definition) is 4. The molecule has 4 aromatic rings. The Bertz CT molecular complexity index is 1360. The lowest BCUT2D eigenvalue weighted by Crippen LogP contribution is -2.22. The van der Waals surface area contributed by atoms with Gasteiger partial charge in [-0.1, -0.05) is 12.1 Å². The second kappa shape index (κ2) is 7.60. The Labute approximate surface area is 181 Å². The van der Waals surface area contributed by atoms with Crippen LogP contribution >= 0.6 is 22.6 Å². The van der Waals surface area contributed by atoms with Crippen LogP contribution in [0.4, 0.5) is 5.69 Å². The summed E-state index contributed by atoms with van der Waals surface area (Å²) in [6.07, 6.45) is 0. The first-order valence-electron chi connectivity index (χ1n) is 8.72. The van der Waals surface area contributed by atoms with E-state index >= 15 is 0 Å². The zero-order chi connectivity index (χ0) is 20.6. The Kier molecular flexibility index (Phi) is 5.13. The van der Waals surface area contributed by atoms with Crippen LogP contribution in [0, 0.1) is 10.5 Å². The number of para-hydroxylation sites is 1. The van der Waals surface area contributed by atoms with Gasteiger partial charge in [-0.2, -0.15) is 0 Å². The van der Waals surface area contributed by atoms with Crippen molar-refractivity contribution in [3.8, 4) is 5.69 Å². The monoisotopic (exact) mass is 517 g/mol. The van der Waals surface area contributed by atoms with Gasteiger partial charge in [0.1, 0.15) is 5.82 Å². The number of nitrogens with one attached hydrogen (secondary N) is 1. The van der Waals surface area contributed by atoms with E-state index in [9.17, 15) is 13.2 Å². The van der Waals surface area contributed by atoms with Crippen molar-refractivity contribution in [1.29, 1.82) is 0 Å². The first-order valence-corrected chi connectivity index (χ1v) is 11.3. The molecular formula is C21H16IN3O3S. The maximum atomic E-state index is 12.9. The summed E-state index contributed by atoms with van der Waals surface area (Å²) in [6, 6.07) is 20.4. The molecule has 0 aliphatic rings. The van der Waals surface area contributed by atoms with E-state index in [2.05, 4.69) is 32.3 Å². The summed E-state index contributed by atoms with van der Waals surface area (Å²) in [5.41, 5.74) is 1.50. The third-order valence-corrected chi connectivity index (χ3v) is 6.56. The molecule has 4 rings (SSSR count). The van der Waals surface area contributed by atoms with E-state index in [1.807, 2.05) is 6.07 Å². The highest BCUT2D eigenvalue weighted by molar-refractivity contribution is 14.1. The quantitative estimate of drug-likeness (QED) is 0.414. The van der Waals surface area contributed by atoms with Gasteiger partial charge in [0.15, 0.2) is 0 Å². The molecule has 0 spiro atoms. The van der Waals surface area contributed by atoms with Crippen molar-refractivity contribution >= 4 is 49.2 Å². The second-order valence-electron chi connectivity index (χ2n) is 6.42. The highest BCUT2D eigenvalue weighted by atomic mass is 127. The maximum Gasteiger partial charge on any atom is 0.265 e. The Morgan fingerprint density at radius 2 is 1.59 bits per heavy atom. The number of aryl methyl sites for hydroxylation is 1. The van der Waals surface area contributed by atoms with Gasteiger partial charge in [-0.05, 0) is 90.2 Å². The summed E-state index contributed by atoms with van der Waals surface area (Å²) in [7, 11) is -3.69. The molecule has 0 fully saturated rings. The van der Waals surface area contributed by atoms with Gasteiger partial charge in [0.25, 0.3) is 15.6 Å². The maximum absolute atomic E-state index is 12.9. The smallest absolute Gasteiger partial charge is 0.265 e. The molecule has 0 aliphatic carbocycles. The molecule has 1 heterocycles. The molecule has 1 N–H and O–H groups in total. The number of nitrogens with zero attached hydrogens (tertiary/aromatic N) is 2. The third kappa shape index (κ3) is 3.90. The number of halogens is 1. The number of rotatable bonds is 4. The van der Waals surface area contributed by atoms with Crippen LogP contribution in [0.25, 0.3) is 16.6 Å². The van der Waals surface area contributed by atoms with Crippen molar-refractivity contribution in [2.75, 3.05) is 4.72 Å². The number of benzene rings is 3. The van der Waals surface area contributed by atoms with Crippen molar-refractivity contribution in [2.24, 2.45) is 0 Å². The van der Waals surface area contributed by atoms with Crippen LogP contribution in [-0.4, -0.2) is 18.0 Å². The number of sulfonamides is 1. The van der Waals surface area contributed by atoms with Crippen LogP contribution in [-0.2, 0) is 10.0 Å². The molecule has 0 saturated heterocycles. The van der Waals surface area contributed by atoms with Gasteiger partial charge in [0, 0.05) is 9.26 Å². The lowest BCUT2D eigenvalue weighted by Gasteiger charge is -2.12. The van der Waals surface area contributed by atoms with E-state index in [1.165, 1.54) is 4.57 Å². The van der Waals surface area contributed by atoms with Crippen molar-refractivity contribution in [1.82, 2.24) is 9.55 Å². The summed E-state index contributed by atoms with van der Waals surface area (Å²) in [4.78, 5) is 17.6. The fourth-order valence-corrected chi connectivity index (χ4v) is 4.47. The van der Waals surface area contributed by atoms with Gasteiger partial charge < -0.3 is 0 Å². The van der Waals surface area contributed by atoms with Crippen molar-refractivity contribution < 1.29 is 8.42 Å². The third-order valence-electron chi connectivity index (χ3n) is 4.45. The molecular weight excluding hydrogens is 501 g/mol. The minimum atomic E-state index is -3.69. The van der Waals surface area contributed by atoms with Crippen molar-refractivity contribution in [3.63, 3.8) is 0 Å².